The average molecular weight is 360 g/mol. The van der Waals surface area contributed by atoms with Crippen LogP contribution < -0.4 is 5.32 Å². The van der Waals surface area contributed by atoms with Crippen molar-refractivity contribution in [2.45, 2.75) is 0 Å². The summed E-state index contributed by atoms with van der Waals surface area (Å²) in [5.74, 6) is -0.322. The molecule has 2 aromatic rings. The first kappa shape index (κ1) is 16.2. The van der Waals surface area contributed by atoms with Gasteiger partial charge in [0.1, 0.15) is 0 Å². The molecule has 0 atom stereocenters. The molecular weight excluding hydrogens is 350 g/mol. The lowest BCUT2D eigenvalue weighted by molar-refractivity contribution is -0.384. The fourth-order valence-corrected chi connectivity index (χ4v) is 3.00. The van der Waals surface area contributed by atoms with Gasteiger partial charge in [0.2, 0.25) is 0 Å². The highest BCUT2D eigenvalue weighted by molar-refractivity contribution is 8.18. The third kappa shape index (κ3) is 3.64. The number of amidine groups is 1. The number of nitro groups is 1. The molecule has 1 amide bonds. The Morgan fingerprint density at radius 3 is 2.67 bits per heavy atom. The van der Waals surface area contributed by atoms with Crippen LogP contribution in [0, 0.1) is 10.1 Å². The van der Waals surface area contributed by atoms with Gasteiger partial charge >= 0.3 is 0 Å². The monoisotopic (exact) mass is 359 g/mol. The average Bonchev–Trinajstić information content (AvgIpc) is 2.89. The summed E-state index contributed by atoms with van der Waals surface area (Å²) in [4.78, 5) is 27.1. The number of thioether (sulfide) groups is 1. The van der Waals surface area contributed by atoms with Crippen LogP contribution in [0.5, 0.6) is 0 Å². The first-order chi connectivity index (χ1) is 11.5. The van der Waals surface area contributed by atoms with Crippen molar-refractivity contribution in [3.05, 3.63) is 74.1 Å². The van der Waals surface area contributed by atoms with Crippen LogP contribution in [0.1, 0.15) is 5.56 Å². The van der Waals surface area contributed by atoms with Crippen LogP contribution in [0.2, 0.25) is 5.02 Å². The number of rotatable bonds is 3. The normalized spacial score (nSPS) is 17.3. The summed E-state index contributed by atoms with van der Waals surface area (Å²) >= 11 is 7.21. The Hall–Kier alpha value is -2.64. The fraction of sp³-hybridized carbons (Fsp3) is 0. The van der Waals surface area contributed by atoms with E-state index in [9.17, 15) is 14.9 Å². The molecule has 1 fully saturated rings. The van der Waals surface area contributed by atoms with Crippen molar-refractivity contribution in [3.63, 3.8) is 0 Å². The molecule has 2 aromatic carbocycles. The minimum Gasteiger partial charge on any atom is -0.300 e. The van der Waals surface area contributed by atoms with Crippen LogP contribution >= 0.6 is 23.4 Å². The zero-order chi connectivity index (χ0) is 17.1. The van der Waals surface area contributed by atoms with Crippen molar-refractivity contribution in [1.82, 2.24) is 5.32 Å². The zero-order valence-corrected chi connectivity index (χ0v) is 13.7. The summed E-state index contributed by atoms with van der Waals surface area (Å²) in [5.41, 5.74) is 1.03. The molecule has 0 aromatic heterocycles. The molecule has 0 saturated carbocycles. The Balaban J connectivity index is 1.89. The Morgan fingerprint density at radius 2 is 1.96 bits per heavy atom. The molecule has 0 spiro atoms. The van der Waals surface area contributed by atoms with Gasteiger partial charge in [-0.25, -0.2) is 4.99 Å². The number of nitro benzene ring substituents is 1. The van der Waals surface area contributed by atoms with Crippen molar-refractivity contribution < 1.29 is 9.72 Å². The first-order valence-electron chi connectivity index (χ1n) is 6.81. The summed E-state index contributed by atoms with van der Waals surface area (Å²) in [6.07, 6.45) is 1.52. The van der Waals surface area contributed by atoms with Gasteiger partial charge in [-0.05, 0) is 36.0 Å². The van der Waals surface area contributed by atoms with Gasteiger partial charge in [0.25, 0.3) is 11.6 Å². The van der Waals surface area contributed by atoms with E-state index >= 15 is 0 Å². The lowest BCUT2D eigenvalue weighted by Crippen LogP contribution is -2.19. The van der Waals surface area contributed by atoms with Crippen LogP contribution in [0.25, 0.3) is 6.08 Å². The second kappa shape index (κ2) is 6.86. The number of carbonyl (C=O) groups excluding carboxylic acids is 1. The highest BCUT2D eigenvalue weighted by Crippen LogP contribution is 2.31. The van der Waals surface area contributed by atoms with Crippen LogP contribution in [-0.4, -0.2) is 16.0 Å². The van der Waals surface area contributed by atoms with Crippen LogP contribution in [0.3, 0.4) is 0 Å². The molecule has 1 N–H and O–H groups in total. The molecule has 1 aliphatic heterocycles. The highest BCUT2D eigenvalue weighted by atomic mass is 35.5. The van der Waals surface area contributed by atoms with Gasteiger partial charge in [0, 0.05) is 22.7 Å². The minimum atomic E-state index is -0.511. The fourth-order valence-electron chi connectivity index (χ4n) is 2.00. The van der Waals surface area contributed by atoms with Gasteiger partial charge in [-0.15, -0.1) is 0 Å². The molecule has 120 valence electrons. The predicted octanol–water partition coefficient (Wildman–Crippen LogP) is 4.14. The zero-order valence-electron chi connectivity index (χ0n) is 12.1. The third-order valence-corrected chi connectivity index (χ3v) is 4.37. The molecule has 0 radical (unpaired) electrons. The number of nitrogens with one attached hydrogen (secondary N) is 1. The van der Waals surface area contributed by atoms with Gasteiger partial charge in [0.05, 0.1) is 15.5 Å². The molecule has 24 heavy (non-hydrogen) atoms. The van der Waals surface area contributed by atoms with E-state index in [1.165, 1.54) is 24.3 Å². The first-order valence-corrected chi connectivity index (χ1v) is 8.01. The number of hydrogen-bond donors (Lipinski definition) is 1. The summed E-state index contributed by atoms with van der Waals surface area (Å²) in [7, 11) is 0. The topological polar surface area (TPSA) is 84.6 Å². The smallest absolute Gasteiger partial charge is 0.270 e. The molecule has 1 aliphatic rings. The summed E-state index contributed by atoms with van der Waals surface area (Å²) in [6.45, 7) is 0. The number of amides is 1. The summed E-state index contributed by atoms with van der Waals surface area (Å²) in [6, 6.07) is 13.3. The van der Waals surface area contributed by atoms with E-state index in [4.69, 9.17) is 11.6 Å². The van der Waals surface area contributed by atoms with E-state index < -0.39 is 4.92 Å². The number of hydrogen-bond acceptors (Lipinski definition) is 5. The van der Waals surface area contributed by atoms with E-state index in [1.54, 1.807) is 0 Å². The largest absolute Gasteiger partial charge is 0.300 e. The van der Waals surface area contributed by atoms with Gasteiger partial charge in [0.15, 0.2) is 5.17 Å². The Labute approximate surface area is 146 Å². The second-order valence-corrected chi connectivity index (χ2v) is 6.22. The molecule has 8 heteroatoms. The van der Waals surface area contributed by atoms with Crippen molar-refractivity contribution in [2.24, 2.45) is 4.99 Å². The second-order valence-electron chi connectivity index (χ2n) is 4.78. The molecular formula is C16H10ClN3O3S. The van der Waals surface area contributed by atoms with Crippen LogP contribution in [-0.2, 0) is 4.79 Å². The van der Waals surface area contributed by atoms with Crippen LogP contribution in [0.15, 0.2) is 58.4 Å². The summed E-state index contributed by atoms with van der Waals surface area (Å²) < 4.78 is 0. The van der Waals surface area contributed by atoms with Crippen molar-refractivity contribution in [1.29, 1.82) is 0 Å². The minimum absolute atomic E-state index is 0.0900. The summed E-state index contributed by atoms with van der Waals surface area (Å²) in [5, 5.41) is 14.3. The molecule has 3 rings (SSSR count). The maximum atomic E-state index is 12.1. The van der Waals surface area contributed by atoms with Gasteiger partial charge < -0.3 is 5.32 Å². The lowest BCUT2D eigenvalue weighted by atomic mass is 10.2. The maximum absolute atomic E-state index is 12.1. The van der Waals surface area contributed by atoms with E-state index in [2.05, 4.69) is 10.3 Å². The van der Waals surface area contributed by atoms with Crippen LogP contribution in [0.4, 0.5) is 11.4 Å². The standard InChI is InChI=1S/C16H10ClN3O3S/c17-13-7-6-12(20(22)23)8-10(13)9-14-15(21)19-16(24-14)18-11-4-2-1-3-5-11/h1-9H,(H,18,19,21)/b14-9-. The highest BCUT2D eigenvalue weighted by Gasteiger charge is 2.24. The molecule has 0 aliphatic carbocycles. The predicted molar refractivity (Wildman–Crippen MR) is 95.4 cm³/mol. The number of non-ortho nitro benzene ring substituents is 1. The quantitative estimate of drug-likeness (QED) is 0.507. The molecule has 6 nitrogen and oxygen atoms in total. The number of nitrogens with zero attached hydrogens (tertiary/aromatic N) is 2. The SMILES string of the molecule is O=C1NC(=Nc2ccccc2)S/C1=C\c1cc([N+](=O)[O-])ccc1Cl. The van der Waals surface area contributed by atoms with E-state index in [-0.39, 0.29) is 11.6 Å². The van der Waals surface area contributed by atoms with Gasteiger partial charge in [-0.3, -0.25) is 14.9 Å². The van der Waals surface area contributed by atoms with E-state index in [0.717, 1.165) is 17.4 Å². The molecule has 1 heterocycles. The molecule has 1 saturated heterocycles. The maximum Gasteiger partial charge on any atom is 0.270 e. The number of halogens is 1. The molecule has 0 bridgehead atoms. The van der Waals surface area contributed by atoms with Gasteiger partial charge in [-0.2, -0.15) is 0 Å². The lowest BCUT2D eigenvalue weighted by Gasteiger charge is -1.99. The molecule has 0 unspecified atom stereocenters. The Kier molecular flexibility index (Phi) is 4.64. The Bertz CT molecular complexity index is 881. The van der Waals surface area contributed by atoms with Crippen molar-refractivity contribution >= 4 is 51.9 Å². The number of aliphatic imine (C=N–C) groups is 1. The van der Waals surface area contributed by atoms with E-state index in [1.807, 2.05) is 30.3 Å². The number of benzene rings is 2. The van der Waals surface area contributed by atoms with Crippen molar-refractivity contribution in [3.8, 4) is 0 Å². The number of carbonyl (C=O) groups is 1. The third-order valence-electron chi connectivity index (χ3n) is 3.11. The van der Waals surface area contributed by atoms with Gasteiger partial charge in [-0.1, -0.05) is 29.8 Å². The van der Waals surface area contributed by atoms with E-state index in [0.29, 0.717) is 20.7 Å². The Morgan fingerprint density at radius 1 is 1.21 bits per heavy atom. The van der Waals surface area contributed by atoms with Crippen molar-refractivity contribution in [2.75, 3.05) is 0 Å². The number of para-hydroxylation sites is 1.